The van der Waals surface area contributed by atoms with E-state index in [1.54, 1.807) is 4.90 Å². The van der Waals surface area contributed by atoms with Crippen molar-refractivity contribution in [2.45, 2.75) is 19.0 Å². The molecule has 0 spiro atoms. The monoisotopic (exact) mass is 457 g/mol. The number of hydrogen-bond acceptors (Lipinski definition) is 6. The SMILES string of the molecule is O=C1c2ccccc2NC(c2ccc(OCCN3CCCC3)cc2)N1c1ccc2c(c1)OCO2. The second kappa shape index (κ2) is 8.91. The van der Waals surface area contributed by atoms with Crippen molar-refractivity contribution >= 4 is 17.3 Å². The Morgan fingerprint density at radius 2 is 1.74 bits per heavy atom. The second-order valence-corrected chi connectivity index (χ2v) is 8.77. The summed E-state index contributed by atoms with van der Waals surface area (Å²) in [7, 11) is 0. The summed E-state index contributed by atoms with van der Waals surface area (Å²) in [5, 5.41) is 3.55. The van der Waals surface area contributed by atoms with E-state index in [0.717, 1.165) is 29.2 Å². The standard InChI is InChI=1S/C27H27N3O4/c31-27-22-5-1-2-6-23(22)28-26(30(27)20-9-12-24-25(17-20)34-18-33-24)19-7-10-21(11-8-19)32-16-15-29-13-3-4-14-29/h1-2,5-12,17,26,28H,3-4,13-16,18H2. The first kappa shape index (κ1) is 20.9. The topological polar surface area (TPSA) is 63.3 Å². The van der Waals surface area contributed by atoms with Gasteiger partial charge in [0, 0.05) is 18.3 Å². The highest BCUT2D eigenvalue weighted by Gasteiger charge is 2.34. The Labute approximate surface area is 198 Å². The molecule has 3 aliphatic rings. The lowest BCUT2D eigenvalue weighted by Crippen LogP contribution is -2.43. The molecule has 7 nitrogen and oxygen atoms in total. The molecule has 0 aliphatic carbocycles. The third-order valence-electron chi connectivity index (χ3n) is 6.63. The Kier molecular flexibility index (Phi) is 5.47. The number of carbonyl (C=O) groups excluding carboxylic acids is 1. The maximum atomic E-state index is 13.6. The van der Waals surface area contributed by atoms with Crippen LogP contribution >= 0.6 is 0 Å². The summed E-state index contributed by atoms with van der Waals surface area (Å²) in [6, 6.07) is 21.2. The molecule has 1 atom stereocenters. The molecule has 0 radical (unpaired) electrons. The Morgan fingerprint density at radius 1 is 0.941 bits per heavy atom. The largest absolute Gasteiger partial charge is 0.492 e. The molecule has 3 aliphatic heterocycles. The summed E-state index contributed by atoms with van der Waals surface area (Å²) < 4.78 is 17.0. The van der Waals surface area contributed by atoms with Gasteiger partial charge in [-0.05, 0) is 67.9 Å². The zero-order valence-corrected chi connectivity index (χ0v) is 18.9. The van der Waals surface area contributed by atoms with Crippen LogP contribution in [0.4, 0.5) is 11.4 Å². The molecule has 7 heteroatoms. The van der Waals surface area contributed by atoms with E-state index in [2.05, 4.69) is 10.2 Å². The molecular weight excluding hydrogens is 430 g/mol. The number of likely N-dealkylation sites (tertiary alicyclic amines) is 1. The van der Waals surface area contributed by atoms with E-state index in [-0.39, 0.29) is 18.9 Å². The zero-order chi connectivity index (χ0) is 22.9. The number of anilines is 2. The van der Waals surface area contributed by atoms with Crippen LogP contribution in [0.15, 0.2) is 66.7 Å². The molecule has 1 amide bonds. The maximum absolute atomic E-state index is 13.6. The predicted molar refractivity (Wildman–Crippen MR) is 130 cm³/mol. The van der Waals surface area contributed by atoms with Gasteiger partial charge in [-0.2, -0.15) is 0 Å². The van der Waals surface area contributed by atoms with Gasteiger partial charge >= 0.3 is 0 Å². The lowest BCUT2D eigenvalue weighted by atomic mass is 10.0. The molecule has 0 aromatic heterocycles. The Balaban J connectivity index is 1.27. The quantitative estimate of drug-likeness (QED) is 0.581. The lowest BCUT2D eigenvalue weighted by Gasteiger charge is -2.38. The van der Waals surface area contributed by atoms with Crippen LogP contribution in [0.3, 0.4) is 0 Å². The minimum Gasteiger partial charge on any atom is -0.492 e. The molecule has 1 saturated heterocycles. The normalized spacial score (nSPS) is 19.1. The number of nitrogens with zero attached hydrogens (tertiary/aromatic N) is 2. The molecule has 3 aromatic rings. The summed E-state index contributed by atoms with van der Waals surface area (Å²) in [5.74, 6) is 2.10. The molecule has 1 N–H and O–H groups in total. The van der Waals surface area contributed by atoms with E-state index in [1.807, 2.05) is 66.7 Å². The molecule has 3 heterocycles. The predicted octanol–water partition coefficient (Wildman–Crippen LogP) is 4.66. The van der Waals surface area contributed by atoms with Crippen molar-refractivity contribution in [1.29, 1.82) is 0 Å². The first-order valence-electron chi connectivity index (χ1n) is 11.8. The fourth-order valence-electron chi connectivity index (χ4n) is 4.83. The first-order chi connectivity index (χ1) is 16.8. The number of rotatable bonds is 6. The van der Waals surface area contributed by atoms with Gasteiger partial charge in [-0.3, -0.25) is 14.6 Å². The van der Waals surface area contributed by atoms with E-state index in [9.17, 15) is 4.79 Å². The minimum atomic E-state index is -0.374. The summed E-state index contributed by atoms with van der Waals surface area (Å²) in [6.45, 7) is 4.16. The van der Waals surface area contributed by atoms with E-state index in [1.165, 1.54) is 25.9 Å². The summed E-state index contributed by atoms with van der Waals surface area (Å²) >= 11 is 0. The molecule has 6 rings (SSSR count). The summed E-state index contributed by atoms with van der Waals surface area (Å²) in [4.78, 5) is 17.8. The molecule has 3 aromatic carbocycles. The van der Waals surface area contributed by atoms with Gasteiger partial charge in [0.1, 0.15) is 18.5 Å². The van der Waals surface area contributed by atoms with Crippen LogP contribution in [-0.4, -0.2) is 43.8 Å². The highest BCUT2D eigenvalue weighted by atomic mass is 16.7. The highest BCUT2D eigenvalue weighted by Crippen LogP contribution is 2.41. The van der Waals surface area contributed by atoms with Crippen LogP contribution in [0.25, 0.3) is 0 Å². The van der Waals surface area contributed by atoms with Crippen molar-refractivity contribution in [3.8, 4) is 17.2 Å². The zero-order valence-electron chi connectivity index (χ0n) is 18.9. The van der Waals surface area contributed by atoms with Crippen LogP contribution in [0.2, 0.25) is 0 Å². The molecule has 0 bridgehead atoms. The fourth-order valence-corrected chi connectivity index (χ4v) is 4.83. The van der Waals surface area contributed by atoms with Gasteiger partial charge in [-0.15, -0.1) is 0 Å². The number of hydrogen-bond donors (Lipinski definition) is 1. The van der Waals surface area contributed by atoms with E-state index in [4.69, 9.17) is 14.2 Å². The molecule has 1 unspecified atom stereocenters. The van der Waals surface area contributed by atoms with E-state index >= 15 is 0 Å². The smallest absolute Gasteiger partial charge is 0.262 e. The van der Waals surface area contributed by atoms with E-state index < -0.39 is 0 Å². The highest BCUT2D eigenvalue weighted by molar-refractivity contribution is 6.12. The molecule has 174 valence electrons. The average Bonchev–Trinajstić information content (AvgIpc) is 3.56. The van der Waals surface area contributed by atoms with Crippen molar-refractivity contribution in [2.75, 3.05) is 43.3 Å². The van der Waals surface area contributed by atoms with Crippen molar-refractivity contribution in [3.63, 3.8) is 0 Å². The van der Waals surface area contributed by atoms with Crippen LogP contribution in [0, 0.1) is 0 Å². The van der Waals surface area contributed by atoms with Gasteiger partial charge in [0.25, 0.3) is 5.91 Å². The molecular formula is C27H27N3O4. The lowest BCUT2D eigenvalue weighted by molar-refractivity contribution is 0.0975. The number of benzene rings is 3. The molecule has 0 saturated carbocycles. The van der Waals surface area contributed by atoms with Crippen LogP contribution < -0.4 is 24.4 Å². The summed E-state index contributed by atoms with van der Waals surface area (Å²) in [5.41, 5.74) is 3.17. The number of para-hydroxylation sites is 1. The van der Waals surface area contributed by atoms with Gasteiger partial charge in [0.05, 0.1) is 11.3 Å². The molecule has 34 heavy (non-hydrogen) atoms. The van der Waals surface area contributed by atoms with Crippen molar-refractivity contribution in [1.82, 2.24) is 4.90 Å². The third-order valence-corrected chi connectivity index (χ3v) is 6.63. The van der Waals surface area contributed by atoms with E-state index in [0.29, 0.717) is 23.7 Å². The van der Waals surface area contributed by atoms with Crippen molar-refractivity contribution in [2.24, 2.45) is 0 Å². The minimum absolute atomic E-state index is 0.0656. The average molecular weight is 458 g/mol. The number of carbonyl (C=O) groups is 1. The van der Waals surface area contributed by atoms with Crippen LogP contribution in [0.1, 0.15) is 34.9 Å². The molecule has 1 fully saturated rings. The van der Waals surface area contributed by atoms with Gasteiger partial charge in [0.2, 0.25) is 6.79 Å². The number of fused-ring (bicyclic) bond motifs is 2. The fraction of sp³-hybridized carbons (Fsp3) is 0.296. The first-order valence-corrected chi connectivity index (χ1v) is 11.8. The Bertz CT molecular complexity index is 1190. The second-order valence-electron chi connectivity index (χ2n) is 8.77. The van der Waals surface area contributed by atoms with Gasteiger partial charge in [0.15, 0.2) is 11.5 Å². The van der Waals surface area contributed by atoms with Gasteiger partial charge in [-0.25, -0.2) is 0 Å². The van der Waals surface area contributed by atoms with Crippen LogP contribution in [0.5, 0.6) is 17.2 Å². The van der Waals surface area contributed by atoms with Crippen molar-refractivity contribution < 1.29 is 19.0 Å². The Hall–Kier alpha value is -3.71. The third kappa shape index (κ3) is 3.92. The number of nitrogens with one attached hydrogen (secondary N) is 1. The maximum Gasteiger partial charge on any atom is 0.262 e. The van der Waals surface area contributed by atoms with Crippen molar-refractivity contribution in [3.05, 3.63) is 77.9 Å². The summed E-state index contributed by atoms with van der Waals surface area (Å²) in [6.07, 6.45) is 2.19. The van der Waals surface area contributed by atoms with Crippen LogP contribution in [-0.2, 0) is 0 Å². The number of ether oxygens (including phenoxy) is 3. The van der Waals surface area contributed by atoms with Gasteiger partial charge in [-0.1, -0.05) is 24.3 Å². The van der Waals surface area contributed by atoms with Gasteiger partial charge < -0.3 is 19.5 Å². The number of amides is 1. The Morgan fingerprint density at radius 3 is 2.59 bits per heavy atom.